The highest BCUT2D eigenvalue weighted by molar-refractivity contribution is 8.04. The number of carbonyl (C=O) groups excluding carboxylic acids is 2. The molecule has 0 radical (unpaired) electrons. The van der Waals surface area contributed by atoms with E-state index in [1.54, 1.807) is 0 Å². The lowest BCUT2D eigenvalue weighted by molar-refractivity contribution is -0.112. The summed E-state index contributed by atoms with van der Waals surface area (Å²) in [5.41, 5.74) is 3.55. The maximum atomic E-state index is 12.8. The molecule has 0 atom stereocenters. The summed E-state index contributed by atoms with van der Waals surface area (Å²) in [7, 11) is 0. The van der Waals surface area contributed by atoms with Gasteiger partial charge in [0.25, 0.3) is 11.8 Å². The minimum absolute atomic E-state index is 0.0601. The molecule has 0 bridgehead atoms. The number of nitrogens with zero attached hydrogens (tertiary/aromatic N) is 1. The molecule has 1 saturated heterocycles. The first-order chi connectivity index (χ1) is 13.6. The van der Waals surface area contributed by atoms with Crippen molar-refractivity contribution in [2.75, 3.05) is 18.4 Å². The van der Waals surface area contributed by atoms with Crippen LogP contribution in [0.2, 0.25) is 0 Å². The van der Waals surface area contributed by atoms with E-state index in [2.05, 4.69) is 5.32 Å². The molecule has 2 aromatic rings. The number of likely N-dealkylation sites (tertiary alicyclic amines) is 1. The molecule has 2 aliphatic rings. The molecule has 4 rings (SSSR count). The van der Waals surface area contributed by atoms with E-state index in [-0.39, 0.29) is 11.8 Å². The topological polar surface area (TPSA) is 49.4 Å². The number of carbonyl (C=O) groups is 2. The van der Waals surface area contributed by atoms with Crippen LogP contribution in [0.4, 0.5) is 5.69 Å². The molecule has 5 heteroatoms. The van der Waals surface area contributed by atoms with Crippen LogP contribution in [0.3, 0.4) is 0 Å². The Hall–Kier alpha value is -2.53. The van der Waals surface area contributed by atoms with E-state index < -0.39 is 0 Å². The van der Waals surface area contributed by atoms with Gasteiger partial charge in [-0.25, -0.2) is 0 Å². The fourth-order valence-corrected chi connectivity index (χ4v) is 4.50. The Bertz CT molecular complexity index is 926. The Morgan fingerprint density at radius 2 is 1.75 bits per heavy atom. The maximum absolute atomic E-state index is 12.8. The third-order valence-corrected chi connectivity index (χ3v) is 6.29. The highest BCUT2D eigenvalue weighted by Crippen LogP contribution is 2.39. The Morgan fingerprint density at radius 3 is 2.46 bits per heavy atom. The van der Waals surface area contributed by atoms with Gasteiger partial charge < -0.3 is 10.2 Å². The van der Waals surface area contributed by atoms with Gasteiger partial charge >= 0.3 is 0 Å². The molecular weight excluding hydrogens is 368 g/mol. The lowest BCUT2D eigenvalue weighted by Gasteiger charge is -2.23. The van der Waals surface area contributed by atoms with E-state index in [0.29, 0.717) is 10.5 Å². The van der Waals surface area contributed by atoms with Crippen LogP contribution in [0.25, 0.3) is 6.08 Å². The van der Waals surface area contributed by atoms with Gasteiger partial charge in [-0.3, -0.25) is 9.59 Å². The summed E-state index contributed by atoms with van der Waals surface area (Å²) in [4.78, 5) is 29.0. The van der Waals surface area contributed by atoms with Gasteiger partial charge in [0.15, 0.2) is 0 Å². The predicted molar refractivity (Wildman–Crippen MR) is 114 cm³/mol. The minimum Gasteiger partial charge on any atom is -0.339 e. The van der Waals surface area contributed by atoms with Crippen LogP contribution in [-0.4, -0.2) is 29.8 Å². The zero-order valence-corrected chi connectivity index (χ0v) is 16.8. The highest BCUT2D eigenvalue weighted by atomic mass is 32.2. The molecule has 1 fully saturated rings. The van der Waals surface area contributed by atoms with Gasteiger partial charge in [-0.15, -0.1) is 0 Å². The van der Waals surface area contributed by atoms with E-state index >= 15 is 0 Å². The molecule has 0 unspecified atom stereocenters. The fourth-order valence-electron chi connectivity index (χ4n) is 3.56. The first-order valence-corrected chi connectivity index (χ1v) is 10.6. The monoisotopic (exact) mass is 392 g/mol. The molecule has 1 N–H and O–H groups in total. The van der Waals surface area contributed by atoms with Gasteiger partial charge in [0.2, 0.25) is 0 Å². The van der Waals surface area contributed by atoms with Crippen molar-refractivity contribution in [1.29, 1.82) is 0 Å². The van der Waals surface area contributed by atoms with Crippen LogP contribution in [0.1, 0.15) is 47.2 Å². The van der Waals surface area contributed by atoms with Gasteiger partial charge in [-0.05, 0) is 49.6 Å². The molecule has 28 heavy (non-hydrogen) atoms. The van der Waals surface area contributed by atoms with Crippen LogP contribution < -0.4 is 5.32 Å². The third-order valence-electron chi connectivity index (χ3n) is 5.19. The third kappa shape index (κ3) is 4.14. The number of fused-ring (bicyclic) bond motifs is 1. The molecule has 144 valence electrons. The van der Waals surface area contributed by atoms with Crippen LogP contribution in [0.5, 0.6) is 0 Å². The molecule has 0 aromatic heterocycles. The lowest BCUT2D eigenvalue weighted by atomic mass is 10.1. The quantitative estimate of drug-likeness (QED) is 0.724. The van der Waals surface area contributed by atoms with Crippen molar-refractivity contribution < 1.29 is 9.59 Å². The van der Waals surface area contributed by atoms with Crippen molar-refractivity contribution in [3.63, 3.8) is 0 Å². The van der Waals surface area contributed by atoms with E-state index in [0.717, 1.165) is 42.1 Å². The lowest BCUT2D eigenvalue weighted by Crippen LogP contribution is -2.32. The van der Waals surface area contributed by atoms with Gasteiger partial charge in [0.1, 0.15) is 0 Å². The molecule has 0 spiro atoms. The summed E-state index contributed by atoms with van der Waals surface area (Å²) in [5, 5.41) is 2.95. The Kier molecular flexibility index (Phi) is 5.53. The number of amides is 2. The molecular formula is C23H24N2O2S. The first kappa shape index (κ1) is 18.8. The van der Waals surface area contributed by atoms with Crippen molar-refractivity contribution in [3.05, 3.63) is 64.1 Å². The largest absolute Gasteiger partial charge is 0.339 e. The number of benzene rings is 2. The summed E-state index contributed by atoms with van der Waals surface area (Å²) in [6, 6.07) is 13.7. The van der Waals surface area contributed by atoms with Crippen molar-refractivity contribution in [1.82, 2.24) is 4.90 Å². The van der Waals surface area contributed by atoms with Crippen molar-refractivity contribution in [2.45, 2.75) is 37.5 Å². The van der Waals surface area contributed by atoms with Crippen molar-refractivity contribution in [3.8, 4) is 0 Å². The number of anilines is 1. The number of aryl methyl sites for hydroxylation is 1. The van der Waals surface area contributed by atoms with E-state index in [4.69, 9.17) is 0 Å². The minimum atomic E-state index is -0.127. The molecule has 4 nitrogen and oxygen atoms in total. The van der Waals surface area contributed by atoms with Crippen LogP contribution in [0.15, 0.2) is 52.3 Å². The summed E-state index contributed by atoms with van der Waals surface area (Å²) < 4.78 is 0. The summed E-state index contributed by atoms with van der Waals surface area (Å²) in [5.74, 6) is -0.0672. The summed E-state index contributed by atoms with van der Waals surface area (Å²) >= 11 is 1.45. The van der Waals surface area contributed by atoms with Gasteiger partial charge in [-0.2, -0.15) is 0 Å². The zero-order valence-electron chi connectivity index (χ0n) is 16.0. The van der Waals surface area contributed by atoms with Crippen molar-refractivity contribution >= 4 is 35.3 Å². The van der Waals surface area contributed by atoms with Gasteiger partial charge in [0.05, 0.1) is 10.6 Å². The molecule has 2 aliphatic heterocycles. The Labute approximate surface area is 170 Å². The van der Waals surface area contributed by atoms with Crippen molar-refractivity contribution in [2.24, 2.45) is 0 Å². The average molecular weight is 393 g/mol. The number of hydrogen-bond acceptors (Lipinski definition) is 3. The maximum Gasteiger partial charge on any atom is 0.262 e. The Balaban J connectivity index is 1.54. The Morgan fingerprint density at radius 1 is 1.04 bits per heavy atom. The van der Waals surface area contributed by atoms with E-state index in [1.165, 1.54) is 30.2 Å². The fraction of sp³-hybridized carbons (Fsp3) is 0.304. The molecule has 0 aliphatic carbocycles. The van der Waals surface area contributed by atoms with Gasteiger partial charge in [0, 0.05) is 23.5 Å². The zero-order chi connectivity index (χ0) is 19.5. The smallest absolute Gasteiger partial charge is 0.262 e. The standard InChI is InChI=1S/C23H24N2O2S/c1-16-6-8-17(9-7-16)14-21-22(26)24-19-15-18(10-11-20(19)28-21)23(27)25-12-4-2-3-5-13-25/h6-11,14-15H,2-5,12-13H2,1H3,(H,24,26). The predicted octanol–water partition coefficient (Wildman–Crippen LogP) is 5.10. The van der Waals surface area contributed by atoms with E-state index in [1.807, 2.05) is 60.4 Å². The number of thioether (sulfide) groups is 1. The van der Waals surface area contributed by atoms with Crippen LogP contribution >= 0.6 is 11.8 Å². The highest BCUT2D eigenvalue weighted by Gasteiger charge is 2.24. The van der Waals surface area contributed by atoms with Gasteiger partial charge in [-0.1, -0.05) is 54.4 Å². The molecule has 0 saturated carbocycles. The SMILES string of the molecule is Cc1ccc(C=C2Sc3ccc(C(=O)N4CCCCCC4)cc3NC2=O)cc1. The summed E-state index contributed by atoms with van der Waals surface area (Å²) in [6.07, 6.45) is 6.42. The molecule has 2 heterocycles. The average Bonchev–Trinajstić information content (AvgIpc) is 2.99. The van der Waals surface area contributed by atoms with E-state index in [9.17, 15) is 9.59 Å². The molecule has 2 amide bonds. The first-order valence-electron chi connectivity index (χ1n) is 9.81. The second kappa shape index (κ2) is 8.23. The normalized spacial score (nSPS) is 18.4. The number of nitrogens with one attached hydrogen (secondary N) is 1. The summed E-state index contributed by atoms with van der Waals surface area (Å²) in [6.45, 7) is 3.68. The van der Waals surface area contributed by atoms with Crippen LogP contribution in [0, 0.1) is 6.92 Å². The molecule has 2 aromatic carbocycles. The van der Waals surface area contributed by atoms with Crippen LogP contribution in [-0.2, 0) is 4.79 Å². The number of hydrogen-bond donors (Lipinski definition) is 1. The second-order valence-electron chi connectivity index (χ2n) is 7.39. The number of rotatable bonds is 2. The second-order valence-corrected chi connectivity index (χ2v) is 8.48.